The minimum absolute atomic E-state index is 0.143. The molecule has 0 bridgehead atoms. The van der Waals surface area contributed by atoms with Gasteiger partial charge in [-0.05, 0) is 59.4 Å². The molecule has 0 N–H and O–H groups in total. The van der Waals surface area contributed by atoms with Gasteiger partial charge in [0, 0.05) is 18.0 Å². The molecule has 31 heavy (non-hydrogen) atoms. The first kappa shape index (κ1) is 21.3. The molecule has 0 radical (unpaired) electrons. The minimum atomic E-state index is -0.150. The first-order valence-corrected chi connectivity index (χ1v) is 10.8. The quantitative estimate of drug-likeness (QED) is 0.515. The molecule has 1 heterocycles. The summed E-state index contributed by atoms with van der Waals surface area (Å²) in [5.74, 6) is 1.54. The van der Waals surface area contributed by atoms with E-state index in [1.165, 1.54) is 5.56 Å². The zero-order valence-corrected chi connectivity index (χ0v) is 18.6. The summed E-state index contributed by atoms with van der Waals surface area (Å²) in [4.78, 5) is 15.4. The molecule has 4 nitrogen and oxygen atoms in total. The van der Waals surface area contributed by atoms with E-state index in [0.717, 1.165) is 28.9 Å². The van der Waals surface area contributed by atoms with Gasteiger partial charge in [-0.3, -0.25) is 4.79 Å². The van der Waals surface area contributed by atoms with E-state index in [-0.39, 0.29) is 11.9 Å². The number of benzene rings is 3. The molecule has 0 aromatic heterocycles. The van der Waals surface area contributed by atoms with Crippen LogP contribution in [0.4, 0.5) is 0 Å². The summed E-state index contributed by atoms with van der Waals surface area (Å²) in [6.45, 7) is 0.668. The van der Waals surface area contributed by atoms with Gasteiger partial charge < -0.3 is 14.4 Å². The van der Waals surface area contributed by atoms with Crippen LogP contribution < -0.4 is 9.47 Å². The molecule has 3 aromatic rings. The second-order valence-corrected chi connectivity index (χ2v) is 8.12. The maximum absolute atomic E-state index is 13.4. The van der Waals surface area contributed by atoms with E-state index >= 15 is 0 Å². The highest BCUT2D eigenvalue weighted by Crippen LogP contribution is 2.41. The van der Waals surface area contributed by atoms with Crippen LogP contribution >= 0.6 is 11.6 Å². The van der Waals surface area contributed by atoms with Crippen LogP contribution in [0.1, 0.15) is 34.7 Å². The molecule has 160 valence electrons. The number of nitrogens with zero attached hydrogens (tertiary/aromatic N) is 1. The molecule has 3 aromatic carbocycles. The van der Waals surface area contributed by atoms with E-state index in [4.69, 9.17) is 21.1 Å². The Morgan fingerprint density at radius 2 is 1.68 bits per heavy atom. The van der Waals surface area contributed by atoms with Gasteiger partial charge in [-0.2, -0.15) is 0 Å². The zero-order chi connectivity index (χ0) is 21.8. The highest BCUT2D eigenvalue weighted by molar-refractivity contribution is 6.30. The van der Waals surface area contributed by atoms with E-state index in [9.17, 15) is 4.79 Å². The van der Waals surface area contributed by atoms with E-state index in [1.807, 2.05) is 59.5 Å². The number of ether oxygens (including phenoxy) is 2. The summed E-state index contributed by atoms with van der Waals surface area (Å²) in [6, 6.07) is 21.8. The molecule has 0 spiro atoms. The number of fused-ring (bicyclic) bond motifs is 1. The first-order valence-electron chi connectivity index (χ1n) is 10.4. The predicted octanol–water partition coefficient (Wildman–Crippen LogP) is 5.46. The fourth-order valence-corrected chi connectivity index (χ4v) is 4.38. The lowest BCUT2D eigenvalue weighted by Crippen LogP contribution is -2.40. The smallest absolute Gasteiger partial charge is 0.223 e. The highest BCUT2D eigenvalue weighted by Gasteiger charge is 2.33. The molecule has 1 atom stereocenters. The number of hydrogen-bond acceptors (Lipinski definition) is 3. The molecule has 1 aliphatic heterocycles. The molecule has 5 heteroatoms. The van der Waals surface area contributed by atoms with E-state index in [2.05, 4.69) is 12.1 Å². The van der Waals surface area contributed by atoms with Crippen LogP contribution in [0.25, 0.3) is 0 Å². The van der Waals surface area contributed by atoms with Crippen molar-refractivity contribution in [3.05, 3.63) is 94.0 Å². The molecule has 0 saturated heterocycles. The zero-order valence-electron chi connectivity index (χ0n) is 17.8. The third kappa shape index (κ3) is 4.54. The van der Waals surface area contributed by atoms with Crippen molar-refractivity contribution in [2.24, 2.45) is 0 Å². The summed E-state index contributed by atoms with van der Waals surface area (Å²) < 4.78 is 11.1. The van der Waals surface area contributed by atoms with Gasteiger partial charge in [0.05, 0.1) is 20.3 Å². The molecule has 0 aliphatic carbocycles. The molecule has 0 fully saturated rings. The van der Waals surface area contributed by atoms with Crippen LogP contribution in [0.5, 0.6) is 11.5 Å². The molecule has 1 aliphatic rings. The Balaban J connectivity index is 1.66. The number of rotatable bonds is 6. The monoisotopic (exact) mass is 435 g/mol. The van der Waals surface area contributed by atoms with Crippen LogP contribution in [0.3, 0.4) is 0 Å². The molecular weight excluding hydrogens is 410 g/mol. The van der Waals surface area contributed by atoms with Gasteiger partial charge in [-0.1, -0.05) is 54.1 Å². The van der Waals surface area contributed by atoms with Gasteiger partial charge in [0.2, 0.25) is 5.91 Å². The predicted molar refractivity (Wildman–Crippen MR) is 123 cm³/mol. The Labute approximate surface area is 188 Å². The summed E-state index contributed by atoms with van der Waals surface area (Å²) >= 11 is 5.98. The normalized spacial score (nSPS) is 15.3. The van der Waals surface area contributed by atoms with Crippen molar-refractivity contribution in [1.82, 2.24) is 4.90 Å². The number of aryl methyl sites for hydroxylation is 1. The number of methoxy groups -OCH3 is 2. The third-order valence-corrected chi connectivity index (χ3v) is 6.10. The summed E-state index contributed by atoms with van der Waals surface area (Å²) in [5, 5.41) is 0.705. The van der Waals surface area contributed by atoms with Crippen LogP contribution in [0, 0.1) is 0 Å². The minimum Gasteiger partial charge on any atom is -0.493 e. The van der Waals surface area contributed by atoms with Gasteiger partial charge in [-0.25, -0.2) is 0 Å². The van der Waals surface area contributed by atoms with Gasteiger partial charge in [0.1, 0.15) is 0 Å². The molecular formula is C26H26ClNO3. The average molecular weight is 436 g/mol. The van der Waals surface area contributed by atoms with Crippen molar-refractivity contribution in [1.29, 1.82) is 0 Å². The van der Waals surface area contributed by atoms with Crippen LogP contribution in [0.15, 0.2) is 66.7 Å². The SMILES string of the molecule is COc1cc2c(cc1OC)C(c1ccccc1)N(C(=O)CCc1ccc(Cl)cc1)CC2. The van der Waals surface area contributed by atoms with Crippen molar-refractivity contribution in [2.45, 2.75) is 25.3 Å². The van der Waals surface area contributed by atoms with Crippen molar-refractivity contribution in [3.63, 3.8) is 0 Å². The molecule has 4 rings (SSSR count). The van der Waals surface area contributed by atoms with Crippen LogP contribution in [-0.4, -0.2) is 31.6 Å². The maximum Gasteiger partial charge on any atom is 0.223 e. The average Bonchev–Trinajstić information content (AvgIpc) is 2.82. The van der Waals surface area contributed by atoms with Gasteiger partial charge in [0.15, 0.2) is 11.5 Å². The lowest BCUT2D eigenvalue weighted by molar-refractivity contribution is -0.133. The highest BCUT2D eigenvalue weighted by atomic mass is 35.5. The third-order valence-electron chi connectivity index (χ3n) is 5.85. The number of carbonyl (C=O) groups is 1. The van der Waals surface area contributed by atoms with Crippen molar-refractivity contribution < 1.29 is 14.3 Å². The van der Waals surface area contributed by atoms with Crippen molar-refractivity contribution in [2.75, 3.05) is 20.8 Å². The topological polar surface area (TPSA) is 38.8 Å². The summed E-state index contributed by atoms with van der Waals surface area (Å²) in [7, 11) is 3.29. The Morgan fingerprint density at radius 1 is 1.00 bits per heavy atom. The van der Waals surface area contributed by atoms with Gasteiger partial charge in [-0.15, -0.1) is 0 Å². The maximum atomic E-state index is 13.4. The fraction of sp³-hybridized carbons (Fsp3) is 0.269. The van der Waals surface area contributed by atoms with Gasteiger partial charge in [0.25, 0.3) is 0 Å². The van der Waals surface area contributed by atoms with Gasteiger partial charge >= 0.3 is 0 Å². The standard InChI is InChI=1S/C26H26ClNO3/c1-30-23-16-20-14-15-28(25(29)13-10-18-8-11-21(27)12-9-18)26(19-6-4-3-5-7-19)22(20)17-24(23)31-2/h3-9,11-12,16-17,26H,10,13-15H2,1-2H3. The number of amides is 1. The van der Waals surface area contributed by atoms with E-state index in [1.54, 1.807) is 14.2 Å². The second kappa shape index (κ2) is 9.44. The van der Waals surface area contributed by atoms with Crippen molar-refractivity contribution in [3.8, 4) is 11.5 Å². The molecule has 1 unspecified atom stereocenters. The van der Waals surface area contributed by atoms with Crippen molar-refractivity contribution >= 4 is 17.5 Å². The Hall–Kier alpha value is -2.98. The summed E-state index contributed by atoms with van der Waals surface area (Å²) in [5.41, 5.74) is 4.48. The Morgan fingerprint density at radius 3 is 2.35 bits per heavy atom. The molecule has 0 saturated carbocycles. The second-order valence-electron chi connectivity index (χ2n) is 7.68. The number of hydrogen-bond donors (Lipinski definition) is 0. The van der Waals surface area contributed by atoms with E-state index in [0.29, 0.717) is 30.2 Å². The Bertz CT molecular complexity index is 1050. The van der Waals surface area contributed by atoms with Crippen LogP contribution in [-0.2, 0) is 17.6 Å². The number of carbonyl (C=O) groups excluding carboxylic acids is 1. The largest absolute Gasteiger partial charge is 0.493 e. The van der Waals surface area contributed by atoms with E-state index < -0.39 is 0 Å². The Kier molecular flexibility index (Phi) is 6.47. The summed E-state index contributed by atoms with van der Waals surface area (Å²) in [6.07, 6.45) is 1.92. The number of halogens is 1. The first-order chi connectivity index (χ1) is 15.1. The lowest BCUT2D eigenvalue weighted by Gasteiger charge is -2.38. The van der Waals surface area contributed by atoms with Crippen LogP contribution in [0.2, 0.25) is 5.02 Å². The lowest BCUT2D eigenvalue weighted by atomic mass is 9.87. The molecule has 1 amide bonds. The fourth-order valence-electron chi connectivity index (χ4n) is 4.26.